The van der Waals surface area contributed by atoms with Crippen LogP contribution < -0.4 is 4.74 Å². The molecule has 0 aliphatic carbocycles. The first kappa shape index (κ1) is 18.2. The Morgan fingerprint density at radius 2 is 1.86 bits per heavy atom. The van der Waals surface area contributed by atoms with Crippen LogP contribution in [0, 0.1) is 10.1 Å². The third kappa shape index (κ3) is 3.25. The smallest absolute Gasteiger partial charge is 0.269 e. The first-order valence-corrected chi connectivity index (χ1v) is 9.72. The molecule has 0 radical (unpaired) electrons. The zero-order valence-electron chi connectivity index (χ0n) is 15.2. The molecule has 1 unspecified atom stereocenters. The maximum Gasteiger partial charge on any atom is 0.269 e. The van der Waals surface area contributed by atoms with Gasteiger partial charge in [-0.25, -0.2) is 0 Å². The molecule has 0 saturated carbocycles. The van der Waals surface area contributed by atoms with Crippen LogP contribution in [-0.2, 0) is 6.42 Å². The highest BCUT2D eigenvalue weighted by Crippen LogP contribution is 2.39. The number of fused-ring (bicyclic) bond motifs is 1. The fourth-order valence-electron chi connectivity index (χ4n) is 3.57. The lowest BCUT2D eigenvalue weighted by atomic mass is 9.92. The SMILES string of the molecule is COc1ccc(C(=O)N2CCc3sccc3C2c2ccc([N+](=O)[O-])cc2)cc1. The number of benzene rings is 2. The monoisotopic (exact) mass is 394 g/mol. The lowest BCUT2D eigenvalue weighted by molar-refractivity contribution is -0.384. The summed E-state index contributed by atoms with van der Waals surface area (Å²) in [5, 5.41) is 13.0. The van der Waals surface area contributed by atoms with Gasteiger partial charge < -0.3 is 9.64 Å². The molecular weight excluding hydrogens is 376 g/mol. The van der Waals surface area contributed by atoms with Gasteiger partial charge in [-0.3, -0.25) is 14.9 Å². The van der Waals surface area contributed by atoms with E-state index in [9.17, 15) is 14.9 Å². The van der Waals surface area contributed by atoms with E-state index < -0.39 is 4.92 Å². The van der Waals surface area contributed by atoms with Crippen molar-refractivity contribution in [1.82, 2.24) is 4.90 Å². The Labute approximate surface area is 166 Å². The Morgan fingerprint density at radius 1 is 1.14 bits per heavy atom. The fourth-order valence-corrected chi connectivity index (χ4v) is 4.48. The topological polar surface area (TPSA) is 72.7 Å². The van der Waals surface area contributed by atoms with Crippen molar-refractivity contribution in [3.63, 3.8) is 0 Å². The molecule has 3 aromatic rings. The minimum atomic E-state index is -0.416. The summed E-state index contributed by atoms with van der Waals surface area (Å²) in [6.45, 7) is 0.597. The number of ether oxygens (including phenoxy) is 1. The number of nitro benzene ring substituents is 1. The summed E-state index contributed by atoms with van der Waals surface area (Å²) in [6, 6.07) is 15.3. The maximum atomic E-state index is 13.3. The van der Waals surface area contributed by atoms with Gasteiger partial charge in [-0.15, -0.1) is 11.3 Å². The van der Waals surface area contributed by atoms with Gasteiger partial charge in [-0.05, 0) is 65.4 Å². The van der Waals surface area contributed by atoms with E-state index in [0.717, 1.165) is 17.5 Å². The van der Waals surface area contributed by atoms with Crippen LogP contribution in [0.4, 0.5) is 5.69 Å². The third-order valence-electron chi connectivity index (χ3n) is 4.98. The van der Waals surface area contributed by atoms with Gasteiger partial charge in [-0.2, -0.15) is 0 Å². The Balaban J connectivity index is 1.72. The molecule has 28 heavy (non-hydrogen) atoms. The van der Waals surface area contributed by atoms with Crippen molar-refractivity contribution in [1.29, 1.82) is 0 Å². The van der Waals surface area contributed by atoms with E-state index >= 15 is 0 Å². The molecular formula is C21H18N2O4S. The molecule has 6 nitrogen and oxygen atoms in total. The summed E-state index contributed by atoms with van der Waals surface area (Å²) in [4.78, 5) is 26.9. The van der Waals surface area contributed by atoms with E-state index in [-0.39, 0.29) is 17.6 Å². The zero-order chi connectivity index (χ0) is 19.7. The minimum Gasteiger partial charge on any atom is -0.497 e. The second-order valence-corrected chi connectivity index (χ2v) is 7.53. The van der Waals surface area contributed by atoms with Crippen LogP contribution in [0.1, 0.15) is 32.4 Å². The molecule has 2 heterocycles. The molecule has 1 amide bonds. The maximum absolute atomic E-state index is 13.3. The molecule has 0 spiro atoms. The first-order valence-electron chi connectivity index (χ1n) is 8.84. The second kappa shape index (κ2) is 7.44. The summed E-state index contributed by atoms with van der Waals surface area (Å²) in [6.07, 6.45) is 0.804. The van der Waals surface area contributed by atoms with Crippen LogP contribution in [0.3, 0.4) is 0 Å². The Bertz CT molecular complexity index is 1010. The van der Waals surface area contributed by atoms with Gasteiger partial charge in [0.25, 0.3) is 11.6 Å². The number of carbonyl (C=O) groups is 1. The number of carbonyl (C=O) groups excluding carboxylic acids is 1. The second-order valence-electron chi connectivity index (χ2n) is 6.53. The van der Waals surface area contributed by atoms with Crippen LogP contribution in [-0.4, -0.2) is 29.4 Å². The van der Waals surface area contributed by atoms with E-state index in [4.69, 9.17) is 4.74 Å². The van der Waals surface area contributed by atoms with Crippen molar-refractivity contribution in [2.75, 3.05) is 13.7 Å². The van der Waals surface area contributed by atoms with Gasteiger partial charge in [0.15, 0.2) is 0 Å². The van der Waals surface area contributed by atoms with Crippen molar-refractivity contribution in [3.05, 3.63) is 91.7 Å². The van der Waals surface area contributed by atoms with Gasteiger partial charge in [0.1, 0.15) is 5.75 Å². The molecule has 0 fully saturated rings. The molecule has 1 aromatic heterocycles. The molecule has 1 aliphatic rings. The molecule has 0 N–H and O–H groups in total. The fraction of sp³-hybridized carbons (Fsp3) is 0.190. The number of nitrogens with zero attached hydrogens (tertiary/aromatic N) is 2. The summed E-state index contributed by atoms with van der Waals surface area (Å²) < 4.78 is 5.17. The molecule has 1 aliphatic heterocycles. The lowest BCUT2D eigenvalue weighted by Gasteiger charge is -2.36. The Morgan fingerprint density at radius 3 is 2.50 bits per heavy atom. The number of rotatable bonds is 4. The summed E-state index contributed by atoms with van der Waals surface area (Å²) in [5.41, 5.74) is 2.59. The average Bonchev–Trinajstić information content (AvgIpc) is 3.21. The normalized spacial score (nSPS) is 15.8. The molecule has 1 atom stereocenters. The molecule has 7 heteroatoms. The van der Waals surface area contributed by atoms with Crippen molar-refractivity contribution >= 4 is 22.9 Å². The summed E-state index contributed by atoms with van der Waals surface area (Å²) in [7, 11) is 1.59. The molecule has 142 valence electrons. The molecule has 2 aromatic carbocycles. The Hall–Kier alpha value is -3.19. The minimum absolute atomic E-state index is 0.0399. The van der Waals surface area contributed by atoms with Crippen LogP contribution in [0.2, 0.25) is 0 Å². The van der Waals surface area contributed by atoms with Crippen molar-refractivity contribution in [2.45, 2.75) is 12.5 Å². The van der Waals surface area contributed by atoms with E-state index in [2.05, 4.69) is 0 Å². The van der Waals surface area contributed by atoms with Crippen molar-refractivity contribution in [3.8, 4) is 5.75 Å². The third-order valence-corrected chi connectivity index (χ3v) is 5.98. The van der Waals surface area contributed by atoms with Gasteiger partial charge in [0, 0.05) is 29.1 Å². The number of hydrogen-bond donors (Lipinski definition) is 0. The van der Waals surface area contributed by atoms with Crippen LogP contribution in [0.25, 0.3) is 0 Å². The van der Waals surface area contributed by atoms with Crippen LogP contribution in [0.15, 0.2) is 60.0 Å². The van der Waals surface area contributed by atoms with E-state index in [0.29, 0.717) is 17.9 Å². The highest BCUT2D eigenvalue weighted by atomic mass is 32.1. The van der Waals surface area contributed by atoms with Crippen LogP contribution in [0.5, 0.6) is 5.75 Å². The predicted octanol–water partition coefficient (Wildman–Crippen LogP) is 4.45. The van der Waals surface area contributed by atoms with Crippen LogP contribution >= 0.6 is 11.3 Å². The highest BCUT2D eigenvalue weighted by molar-refractivity contribution is 7.10. The summed E-state index contributed by atoms with van der Waals surface area (Å²) >= 11 is 1.68. The van der Waals surface area contributed by atoms with Gasteiger partial charge >= 0.3 is 0 Å². The Kier molecular flexibility index (Phi) is 4.83. The number of non-ortho nitro benzene ring substituents is 1. The quantitative estimate of drug-likeness (QED) is 0.484. The van der Waals surface area contributed by atoms with E-state index in [1.165, 1.54) is 17.0 Å². The van der Waals surface area contributed by atoms with Gasteiger partial charge in [-0.1, -0.05) is 0 Å². The molecule has 4 rings (SSSR count). The van der Waals surface area contributed by atoms with Crippen molar-refractivity contribution in [2.24, 2.45) is 0 Å². The number of nitro groups is 1. The largest absolute Gasteiger partial charge is 0.497 e. The number of methoxy groups -OCH3 is 1. The van der Waals surface area contributed by atoms with Gasteiger partial charge in [0.2, 0.25) is 0 Å². The number of thiophene rings is 1. The standard InChI is InChI=1S/C21H18N2O4S/c1-27-17-8-4-15(5-9-17)21(24)22-12-10-19-18(11-13-28-19)20(22)14-2-6-16(7-3-14)23(25)26/h2-9,11,13,20H,10,12H2,1H3. The van der Waals surface area contributed by atoms with E-state index in [1.807, 2.05) is 16.3 Å². The summed E-state index contributed by atoms with van der Waals surface area (Å²) in [5.74, 6) is 0.630. The lowest BCUT2D eigenvalue weighted by Crippen LogP contribution is -2.40. The van der Waals surface area contributed by atoms with E-state index in [1.54, 1.807) is 54.8 Å². The number of amides is 1. The zero-order valence-corrected chi connectivity index (χ0v) is 16.0. The predicted molar refractivity (Wildman–Crippen MR) is 107 cm³/mol. The molecule has 0 bridgehead atoms. The first-order chi connectivity index (χ1) is 13.6. The number of hydrogen-bond acceptors (Lipinski definition) is 5. The highest BCUT2D eigenvalue weighted by Gasteiger charge is 2.33. The molecule has 0 saturated heterocycles. The van der Waals surface area contributed by atoms with Crippen molar-refractivity contribution < 1.29 is 14.5 Å². The van der Waals surface area contributed by atoms with Gasteiger partial charge in [0.05, 0.1) is 18.1 Å². The average molecular weight is 394 g/mol.